The molecule has 1 atom stereocenters. The van der Waals surface area contributed by atoms with Crippen LogP contribution in [0.2, 0.25) is 0 Å². The summed E-state index contributed by atoms with van der Waals surface area (Å²) in [6.45, 7) is 2.79. The number of aryl methyl sites for hydroxylation is 2. The summed E-state index contributed by atoms with van der Waals surface area (Å²) in [5, 5.41) is 0. The smallest absolute Gasteiger partial charge is 0.244 e. The summed E-state index contributed by atoms with van der Waals surface area (Å²) in [6.07, 6.45) is 7.49. The quantitative estimate of drug-likeness (QED) is 0.801. The zero-order chi connectivity index (χ0) is 13.1. The van der Waals surface area contributed by atoms with E-state index in [-0.39, 0.29) is 12.3 Å². The van der Waals surface area contributed by atoms with Gasteiger partial charge < -0.3 is 10.6 Å². The molecule has 0 fully saturated rings. The van der Waals surface area contributed by atoms with Crippen molar-refractivity contribution in [3.63, 3.8) is 0 Å². The van der Waals surface area contributed by atoms with Crippen LogP contribution in [0.1, 0.15) is 24.0 Å². The number of nitrogens with zero attached hydrogens (tertiary/aromatic N) is 1. The van der Waals surface area contributed by atoms with Gasteiger partial charge in [-0.2, -0.15) is 0 Å². The monoisotopic (exact) mass is 242 g/mol. The molecular formula is C15H18N2O. The fourth-order valence-corrected chi connectivity index (χ4v) is 2.37. The summed E-state index contributed by atoms with van der Waals surface area (Å²) >= 11 is 0. The summed E-state index contributed by atoms with van der Waals surface area (Å²) in [4.78, 5) is 14.0. The van der Waals surface area contributed by atoms with Gasteiger partial charge in [0.05, 0.1) is 6.04 Å². The second-order valence-electron chi connectivity index (χ2n) is 4.74. The molecule has 1 aromatic carbocycles. The maximum Gasteiger partial charge on any atom is 0.244 e. The molecule has 2 rings (SSSR count). The van der Waals surface area contributed by atoms with Crippen molar-refractivity contribution in [3.8, 4) is 12.3 Å². The van der Waals surface area contributed by atoms with Crippen LogP contribution in [0.25, 0.3) is 0 Å². The van der Waals surface area contributed by atoms with Gasteiger partial charge in [0.15, 0.2) is 0 Å². The molecular weight excluding hydrogens is 224 g/mol. The van der Waals surface area contributed by atoms with Crippen molar-refractivity contribution < 1.29 is 4.79 Å². The highest BCUT2D eigenvalue weighted by molar-refractivity contribution is 5.98. The van der Waals surface area contributed by atoms with E-state index in [1.165, 1.54) is 11.1 Å². The lowest BCUT2D eigenvalue weighted by molar-refractivity contribution is -0.119. The molecule has 1 aliphatic heterocycles. The highest BCUT2D eigenvalue weighted by Gasteiger charge is 2.26. The molecule has 1 amide bonds. The predicted octanol–water partition coefficient (Wildman–Crippen LogP) is 1.62. The van der Waals surface area contributed by atoms with Crippen molar-refractivity contribution in [2.24, 2.45) is 5.73 Å². The van der Waals surface area contributed by atoms with Gasteiger partial charge in [0.2, 0.25) is 5.91 Å². The van der Waals surface area contributed by atoms with Crippen molar-refractivity contribution in [2.75, 3.05) is 11.4 Å². The number of amides is 1. The van der Waals surface area contributed by atoms with Crippen LogP contribution >= 0.6 is 0 Å². The molecule has 3 nitrogen and oxygen atoms in total. The normalized spacial score (nSPS) is 15.7. The van der Waals surface area contributed by atoms with Crippen molar-refractivity contribution in [2.45, 2.75) is 32.2 Å². The molecule has 1 aliphatic rings. The maximum absolute atomic E-state index is 12.2. The van der Waals surface area contributed by atoms with Gasteiger partial charge in [-0.15, -0.1) is 12.3 Å². The van der Waals surface area contributed by atoms with Gasteiger partial charge in [0, 0.05) is 18.7 Å². The van der Waals surface area contributed by atoms with Crippen LogP contribution in [0.5, 0.6) is 0 Å². The molecule has 0 radical (unpaired) electrons. The molecule has 0 spiro atoms. The van der Waals surface area contributed by atoms with E-state index >= 15 is 0 Å². The molecule has 1 unspecified atom stereocenters. The third kappa shape index (κ3) is 2.39. The summed E-state index contributed by atoms with van der Waals surface area (Å²) in [7, 11) is 0. The predicted molar refractivity (Wildman–Crippen MR) is 73.3 cm³/mol. The lowest BCUT2D eigenvalue weighted by atomic mass is 9.98. The van der Waals surface area contributed by atoms with Gasteiger partial charge in [0.1, 0.15) is 0 Å². The third-order valence-corrected chi connectivity index (χ3v) is 3.27. The molecule has 1 heterocycles. The van der Waals surface area contributed by atoms with Gasteiger partial charge in [-0.1, -0.05) is 17.7 Å². The Morgan fingerprint density at radius 2 is 2.39 bits per heavy atom. The molecule has 0 saturated carbocycles. The Hall–Kier alpha value is -1.79. The highest BCUT2D eigenvalue weighted by Crippen LogP contribution is 2.28. The fraction of sp³-hybridized carbons (Fsp3) is 0.400. The fourth-order valence-electron chi connectivity index (χ4n) is 2.37. The molecule has 3 heteroatoms. The number of carbonyl (C=O) groups excluding carboxylic acids is 1. The first-order valence-electron chi connectivity index (χ1n) is 6.23. The van der Waals surface area contributed by atoms with E-state index in [0.717, 1.165) is 25.1 Å². The average molecular weight is 242 g/mol. The largest absolute Gasteiger partial charge is 0.319 e. The minimum Gasteiger partial charge on any atom is -0.319 e. The number of anilines is 1. The highest BCUT2D eigenvalue weighted by atomic mass is 16.2. The van der Waals surface area contributed by atoms with Gasteiger partial charge in [0.25, 0.3) is 0 Å². The van der Waals surface area contributed by atoms with Gasteiger partial charge in [-0.05, 0) is 31.4 Å². The van der Waals surface area contributed by atoms with Crippen LogP contribution < -0.4 is 10.6 Å². The Labute approximate surface area is 108 Å². The molecule has 0 saturated heterocycles. The van der Waals surface area contributed by atoms with Crippen LogP contribution in [0.15, 0.2) is 18.2 Å². The van der Waals surface area contributed by atoms with E-state index in [4.69, 9.17) is 12.2 Å². The van der Waals surface area contributed by atoms with E-state index in [1.54, 1.807) is 4.90 Å². The number of fused-ring (bicyclic) bond motifs is 1. The Bertz CT molecular complexity index is 502. The Morgan fingerprint density at radius 1 is 1.61 bits per heavy atom. The summed E-state index contributed by atoms with van der Waals surface area (Å²) in [5.74, 6) is 2.38. The summed E-state index contributed by atoms with van der Waals surface area (Å²) < 4.78 is 0. The molecule has 0 aromatic heterocycles. The average Bonchev–Trinajstić information content (AvgIpc) is 2.37. The van der Waals surface area contributed by atoms with Crippen molar-refractivity contribution in [1.82, 2.24) is 0 Å². The van der Waals surface area contributed by atoms with Gasteiger partial charge >= 0.3 is 0 Å². The van der Waals surface area contributed by atoms with Crippen LogP contribution in [0.3, 0.4) is 0 Å². The van der Waals surface area contributed by atoms with E-state index in [2.05, 4.69) is 18.9 Å². The van der Waals surface area contributed by atoms with E-state index in [0.29, 0.717) is 0 Å². The van der Waals surface area contributed by atoms with Gasteiger partial charge in [-0.25, -0.2) is 0 Å². The Kier molecular flexibility index (Phi) is 3.69. The summed E-state index contributed by atoms with van der Waals surface area (Å²) in [5.41, 5.74) is 9.25. The molecule has 2 N–H and O–H groups in total. The van der Waals surface area contributed by atoms with Crippen LogP contribution in [0, 0.1) is 19.3 Å². The second kappa shape index (κ2) is 5.24. The minimum absolute atomic E-state index is 0.0715. The number of benzene rings is 1. The van der Waals surface area contributed by atoms with Gasteiger partial charge in [-0.3, -0.25) is 4.79 Å². The number of hydrogen-bond donors (Lipinski definition) is 1. The van der Waals surface area contributed by atoms with E-state index < -0.39 is 6.04 Å². The number of nitrogens with two attached hydrogens (primary N) is 1. The molecule has 1 aromatic rings. The molecule has 0 bridgehead atoms. The first kappa shape index (κ1) is 12.7. The standard InChI is InChI=1S/C15H18N2O/c1-3-5-13(16)15(18)17-9-4-6-12-10-11(2)7-8-14(12)17/h1,7-8,10,13H,4-6,9,16H2,2H3. The van der Waals surface area contributed by atoms with Crippen LogP contribution in [-0.4, -0.2) is 18.5 Å². The third-order valence-electron chi connectivity index (χ3n) is 3.27. The van der Waals surface area contributed by atoms with Crippen LogP contribution in [0.4, 0.5) is 5.69 Å². The minimum atomic E-state index is -0.595. The van der Waals surface area contributed by atoms with Crippen LogP contribution in [-0.2, 0) is 11.2 Å². The first-order valence-corrected chi connectivity index (χ1v) is 6.23. The van der Waals surface area contributed by atoms with E-state index in [1.807, 2.05) is 12.1 Å². The van der Waals surface area contributed by atoms with Crippen molar-refractivity contribution in [1.29, 1.82) is 0 Å². The second-order valence-corrected chi connectivity index (χ2v) is 4.74. The zero-order valence-corrected chi connectivity index (χ0v) is 10.6. The zero-order valence-electron chi connectivity index (χ0n) is 10.6. The van der Waals surface area contributed by atoms with Crippen molar-refractivity contribution >= 4 is 11.6 Å². The number of carbonyl (C=O) groups is 1. The lowest BCUT2D eigenvalue weighted by Gasteiger charge is -2.31. The van der Waals surface area contributed by atoms with Crippen molar-refractivity contribution in [3.05, 3.63) is 29.3 Å². The molecule has 18 heavy (non-hydrogen) atoms. The number of rotatable bonds is 2. The number of hydrogen-bond acceptors (Lipinski definition) is 2. The first-order chi connectivity index (χ1) is 8.63. The van der Waals surface area contributed by atoms with E-state index in [9.17, 15) is 4.79 Å². The lowest BCUT2D eigenvalue weighted by Crippen LogP contribution is -2.45. The topological polar surface area (TPSA) is 46.3 Å². The molecule has 94 valence electrons. The number of terminal acetylenes is 1. The summed E-state index contributed by atoms with van der Waals surface area (Å²) in [6, 6.07) is 5.57. The Morgan fingerprint density at radius 3 is 3.11 bits per heavy atom. The molecule has 0 aliphatic carbocycles. The maximum atomic E-state index is 12.2. The SMILES string of the molecule is C#CCC(N)C(=O)N1CCCc2cc(C)ccc21. The Balaban J connectivity index is 2.28.